The third-order valence-corrected chi connectivity index (χ3v) is 5.44. The van der Waals surface area contributed by atoms with E-state index in [1.807, 2.05) is 13.8 Å². The first-order chi connectivity index (χ1) is 15.2. The quantitative estimate of drug-likeness (QED) is 0.199. The fourth-order valence-corrected chi connectivity index (χ4v) is 3.69. The van der Waals surface area contributed by atoms with Gasteiger partial charge in [0.05, 0.1) is 6.54 Å². The van der Waals surface area contributed by atoms with Crippen molar-refractivity contribution in [1.29, 1.82) is 0 Å². The molecule has 0 spiro atoms. The number of nitrogens with zero attached hydrogens (tertiary/aromatic N) is 4. The highest BCUT2D eigenvalue weighted by molar-refractivity contribution is 14.0. The first-order valence-corrected chi connectivity index (χ1v) is 11.6. The highest BCUT2D eigenvalue weighted by Gasteiger charge is 2.14. The van der Waals surface area contributed by atoms with Gasteiger partial charge in [-0.3, -0.25) is 0 Å². The van der Waals surface area contributed by atoms with E-state index in [-0.39, 0.29) is 41.6 Å². The summed E-state index contributed by atoms with van der Waals surface area (Å²) in [6.07, 6.45) is 7.14. The van der Waals surface area contributed by atoms with Crippen molar-refractivity contribution in [2.24, 2.45) is 4.99 Å². The molecule has 2 heterocycles. The highest BCUT2D eigenvalue weighted by Crippen LogP contribution is 2.18. The minimum atomic E-state index is -0.346. The normalized spacial score (nSPS) is 14.7. The molecular weight excluding hydrogens is 522 g/mol. The maximum Gasteiger partial charge on any atom is 0.191 e. The SMILES string of the molecule is CCNC(=NCC(CC)Oc1ccccc1F)NCCCc1nnc2n1CCCCC2.I. The van der Waals surface area contributed by atoms with Gasteiger partial charge in [0.15, 0.2) is 17.5 Å². The van der Waals surface area contributed by atoms with E-state index in [0.717, 1.165) is 62.9 Å². The Hall–Kier alpha value is -1.91. The lowest BCUT2D eigenvalue weighted by molar-refractivity contribution is 0.196. The lowest BCUT2D eigenvalue weighted by Crippen LogP contribution is -2.38. The number of halogens is 2. The molecule has 7 nitrogen and oxygen atoms in total. The Balaban J connectivity index is 0.00000363. The maximum absolute atomic E-state index is 13.9. The molecule has 3 rings (SSSR count). The van der Waals surface area contributed by atoms with Gasteiger partial charge in [-0.15, -0.1) is 34.2 Å². The van der Waals surface area contributed by atoms with Gasteiger partial charge in [-0.1, -0.05) is 25.5 Å². The molecule has 2 aromatic rings. The number of aryl methyl sites for hydroxylation is 2. The zero-order valence-electron chi connectivity index (χ0n) is 19.1. The van der Waals surface area contributed by atoms with Crippen LogP contribution >= 0.6 is 24.0 Å². The number of benzene rings is 1. The third kappa shape index (κ3) is 7.90. The number of guanidine groups is 1. The molecule has 0 radical (unpaired) electrons. The summed E-state index contributed by atoms with van der Waals surface area (Å²) >= 11 is 0. The number of para-hydroxylation sites is 1. The van der Waals surface area contributed by atoms with Crippen LogP contribution in [0, 0.1) is 5.82 Å². The third-order valence-electron chi connectivity index (χ3n) is 5.44. The van der Waals surface area contributed by atoms with Gasteiger partial charge >= 0.3 is 0 Å². The molecule has 0 fully saturated rings. The number of aliphatic imine (C=N–C) groups is 1. The zero-order valence-corrected chi connectivity index (χ0v) is 21.5. The van der Waals surface area contributed by atoms with Crippen LogP contribution in [0.5, 0.6) is 5.75 Å². The average molecular weight is 558 g/mol. The van der Waals surface area contributed by atoms with Crippen LogP contribution in [0.1, 0.15) is 57.6 Å². The summed E-state index contributed by atoms with van der Waals surface area (Å²) in [5, 5.41) is 15.4. The molecule has 0 saturated carbocycles. The molecule has 1 unspecified atom stereocenters. The molecule has 1 aliphatic rings. The number of aromatic nitrogens is 3. The van der Waals surface area contributed by atoms with Gasteiger partial charge in [-0.2, -0.15) is 0 Å². The van der Waals surface area contributed by atoms with Crippen molar-refractivity contribution in [2.75, 3.05) is 19.6 Å². The van der Waals surface area contributed by atoms with Crippen molar-refractivity contribution < 1.29 is 9.13 Å². The minimum absolute atomic E-state index is 0. The standard InChI is InChI=1S/C23H35FN6O.HI/c1-3-18(31-20-12-8-7-11-19(20)24)17-27-23(25-4-2)26-15-10-14-22-29-28-21-13-6-5-9-16-30(21)22;/h7-8,11-12,18H,3-6,9-10,13-17H2,1-2H3,(H2,25,26,27);1H. The minimum Gasteiger partial charge on any atom is -0.485 e. The van der Waals surface area contributed by atoms with Gasteiger partial charge < -0.3 is 19.9 Å². The highest BCUT2D eigenvalue weighted by atomic mass is 127. The second-order valence-corrected chi connectivity index (χ2v) is 7.82. The van der Waals surface area contributed by atoms with Crippen molar-refractivity contribution in [3.63, 3.8) is 0 Å². The second kappa shape index (κ2) is 14.3. The van der Waals surface area contributed by atoms with Crippen LogP contribution in [0.3, 0.4) is 0 Å². The lowest BCUT2D eigenvalue weighted by Gasteiger charge is -2.17. The lowest BCUT2D eigenvalue weighted by atomic mass is 10.2. The monoisotopic (exact) mass is 558 g/mol. The van der Waals surface area contributed by atoms with Gasteiger partial charge in [0.25, 0.3) is 0 Å². The van der Waals surface area contributed by atoms with E-state index in [1.54, 1.807) is 18.2 Å². The Kier molecular flexibility index (Phi) is 11.8. The van der Waals surface area contributed by atoms with E-state index in [1.165, 1.54) is 25.3 Å². The summed E-state index contributed by atoms with van der Waals surface area (Å²) in [5.74, 6) is 2.90. The summed E-state index contributed by atoms with van der Waals surface area (Å²) in [6.45, 7) is 7.11. The molecule has 0 saturated heterocycles. The number of fused-ring (bicyclic) bond motifs is 1. The van der Waals surface area contributed by atoms with Crippen LogP contribution in [-0.2, 0) is 19.4 Å². The van der Waals surface area contributed by atoms with Gasteiger partial charge in [0.1, 0.15) is 17.8 Å². The molecule has 2 N–H and O–H groups in total. The van der Waals surface area contributed by atoms with Crippen LogP contribution in [-0.4, -0.2) is 46.5 Å². The van der Waals surface area contributed by atoms with Gasteiger partial charge in [0, 0.05) is 32.5 Å². The van der Waals surface area contributed by atoms with E-state index in [9.17, 15) is 4.39 Å². The first-order valence-electron chi connectivity index (χ1n) is 11.6. The zero-order chi connectivity index (χ0) is 21.9. The summed E-state index contributed by atoms with van der Waals surface area (Å²) in [4.78, 5) is 4.64. The molecule has 32 heavy (non-hydrogen) atoms. The van der Waals surface area contributed by atoms with Crippen LogP contribution in [0.25, 0.3) is 0 Å². The number of hydrogen-bond acceptors (Lipinski definition) is 4. The van der Waals surface area contributed by atoms with Crippen molar-refractivity contribution in [3.8, 4) is 5.75 Å². The predicted molar refractivity (Wildman–Crippen MR) is 136 cm³/mol. The molecule has 1 atom stereocenters. The van der Waals surface area contributed by atoms with E-state index >= 15 is 0 Å². The van der Waals surface area contributed by atoms with Crippen LogP contribution < -0.4 is 15.4 Å². The summed E-state index contributed by atoms with van der Waals surface area (Å²) in [7, 11) is 0. The Morgan fingerprint density at radius 2 is 2.03 bits per heavy atom. The summed E-state index contributed by atoms with van der Waals surface area (Å²) in [6, 6.07) is 6.49. The maximum atomic E-state index is 13.9. The van der Waals surface area contributed by atoms with Gasteiger partial charge in [0.2, 0.25) is 0 Å². The topological polar surface area (TPSA) is 76.4 Å². The smallest absolute Gasteiger partial charge is 0.191 e. The van der Waals surface area contributed by atoms with E-state index in [0.29, 0.717) is 6.54 Å². The van der Waals surface area contributed by atoms with Crippen molar-refractivity contribution in [1.82, 2.24) is 25.4 Å². The van der Waals surface area contributed by atoms with Crippen LogP contribution in [0.2, 0.25) is 0 Å². The average Bonchev–Trinajstić information content (AvgIpc) is 3.00. The van der Waals surface area contributed by atoms with E-state index < -0.39 is 0 Å². The Labute approximate surface area is 207 Å². The molecule has 0 amide bonds. The first kappa shape index (κ1) is 26.3. The number of ether oxygens (including phenoxy) is 1. The molecule has 1 aliphatic heterocycles. The molecule has 1 aromatic carbocycles. The summed E-state index contributed by atoms with van der Waals surface area (Å²) in [5.41, 5.74) is 0. The number of rotatable bonds is 10. The van der Waals surface area contributed by atoms with E-state index in [2.05, 4.69) is 30.4 Å². The van der Waals surface area contributed by atoms with Gasteiger partial charge in [-0.25, -0.2) is 9.38 Å². The number of hydrogen-bond donors (Lipinski definition) is 2. The number of nitrogens with one attached hydrogen (secondary N) is 2. The van der Waals surface area contributed by atoms with Crippen molar-refractivity contribution in [3.05, 3.63) is 41.7 Å². The molecule has 0 aliphatic carbocycles. The molecule has 9 heteroatoms. The Morgan fingerprint density at radius 1 is 1.19 bits per heavy atom. The summed E-state index contributed by atoms with van der Waals surface area (Å²) < 4.78 is 22.0. The molecule has 178 valence electrons. The Morgan fingerprint density at radius 3 is 2.81 bits per heavy atom. The molecule has 0 bridgehead atoms. The Bertz CT molecular complexity index is 844. The fraction of sp³-hybridized carbons (Fsp3) is 0.609. The molecule has 1 aromatic heterocycles. The van der Waals surface area contributed by atoms with Crippen molar-refractivity contribution in [2.45, 2.75) is 71.4 Å². The second-order valence-electron chi connectivity index (χ2n) is 7.82. The largest absolute Gasteiger partial charge is 0.485 e. The van der Waals surface area contributed by atoms with Crippen LogP contribution in [0.15, 0.2) is 29.3 Å². The fourth-order valence-electron chi connectivity index (χ4n) is 3.69. The van der Waals surface area contributed by atoms with Crippen molar-refractivity contribution >= 4 is 29.9 Å². The van der Waals surface area contributed by atoms with Gasteiger partial charge in [-0.05, 0) is 44.7 Å². The molecular formula is C23H36FIN6O. The predicted octanol–water partition coefficient (Wildman–Crippen LogP) is 4.11. The van der Waals surface area contributed by atoms with E-state index in [4.69, 9.17) is 4.74 Å². The van der Waals surface area contributed by atoms with Crippen LogP contribution in [0.4, 0.5) is 4.39 Å².